The predicted molar refractivity (Wildman–Crippen MR) is 157 cm³/mol. The summed E-state index contributed by atoms with van der Waals surface area (Å²) in [5, 5.41) is 0. The number of oxazole rings is 1. The lowest BCUT2D eigenvalue weighted by molar-refractivity contribution is -0.130. The van der Waals surface area contributed by atoms with E-state index in [2.05, 4.69) is 29.2 Å². The van der Waals surface area contributed by atoms with Crippen LogP contribution in [0.1, 0.15) is 60.4 Å². The average molecular weight is 551 g/mol. The summed E-state index contributed by atoms with van der Waals surface area (Å²) in [4.78, 5) is 30.6. The fourth-order valence-corrected chi connectivity index (χ4v) is 4.70. The van der Waals surface area contributed by atoms with E-state index in [1.165, 1.54) is 11.8 Å². The maximum absolute atomic E-state index is 12.8. The molecule has 7 nitrogen and oxygen atoms in total. The van der Waals surface area contributed by atoms with E-state index in [1.54, 1.807) is 6.08 Å². The van der Waals surface area contributed by atoms with Crippen molar-refractivity contribution in [2.45, 2.75) is 57.8 Å². The lowest BCUT2D eigenvalue weighted by Gasteiger charge is -2.09. The second-order valence-corrected chi connectivity index (χ2v) is 10.1. The molecule has 1 aliphatic heterocycles. The van der Waals surface area contributed by atoms with Gasteiger partial charge in [0.2, 0.25) is 5.89 Å². The molecule has 1 aromatic heterocycles. The van der Waals surface area contributed by atoms with Gasteiger partial charge in [-0.2, -0.15) is 0 Å². The Morgan fingerprint density at radius 2 is 1.54 bits per heavy atom. The molecule has 4 aromatic rings. The molecule has 2 heterocycles. The highest BCUT2D eigenvalue weighted by Crippen LogP contribution is 2.22. The smallest absolute Gasteiger partial charge is 0.417 e. The Bertz CT molecular complexity index is 1430. The van der Waals surface area contributed by atoms with E-state index >= 15 is 0 Å². The molecule has 0 aliphatic carbocycles. The number of benzene rings is 3. The number of amides is 2. The third kappa shape index (κ3) is 8.18. The highest BCUT2D eigenvalue weighted by atomic mass is 16.6. The highest BCUT2D eigenvalue weighted by Gasteiger charge is 2.40. The number of aromatic nitrogens is 1. The van der Waals surface area contributed by atoms with Gasteiger partial charge in [-0.05, 0) is 60.6 Å². The monoisotopic (exact) mass is 550 g/mol. The number of rotatable bonds is 14. The Labute approximate surface area is 240 Å². The minimum Gasteiger partial charge on any atom is -0.489 e. The molecule has 41 heavy (non-hydrogen) atoms. The van der Waals surface area contributed by atoms with Gasteiger partial charge in [-0.1, -0.05) is 85.6 Å². The summed E-state index contributed by atoms with van der Waals surface area (Å²) in [7, 11) is 0. The Hall–Kier alpha value is -4.65. The molecular weight excluding hydrogens is 516 g/mol. The van der Waals surface area contributed by atoms with E-state index in [1.807, 2.05) is 66.7 Å². The summed E-state index contributed by atoms with van der Waals surface area (Å²) in [5.74, 6) is 0.966. The van der Waals surface area contributed by atoms with Crippen LogP contribution >= 0.6 is 0 Å². The first-order chi connectivity index (χ1) is 20.1. The molecule has 1 aliphatic rings. The minimum atomic E-state index is -0.727. The van der Waals surface area contributed by atoms with Crippen molar-refractivity contribution < 1.29 is 23.5 Å². The van der Waals surface area contributed by atoms with Crippen molar-refractivity contribution in [3.8, 4) is 5.75 Å². The summed E-state index contributed by atoms with van der Waals surface area (Å²) in [5.41, 5.74) is 3.95. The fourth-order valence-electron chi connectivity index (χ4n) is 4.70. The Kier molecular flexibility index (Phi) is 9.61. The quantitative estimate of drug-likeness (QED) is 0.152. The van der Waals surface area contributed by atoms with Gasteiger partial charge in [-0.15, -0.1) is 0 Å². The summed E-state index contributed by atoms with van der Waals surface area (Å²) in [6.45, 7) is 0.595. The van der Waals surface area contributed by atoms with Crippen molar-refractivity contribution in [3.63, 3.8) is 0 Å². The molecule has 0 spiro atoms. The summed E-state index contributed by atoms with van der Waals surface area (Å²) in [6.07, 6.45) is 9.16. The summed E-state index contributed by atoms with van der Waals surface area (Å²) < 4.78 is 16.7. The van der Waals surface area contributed by atoms with Gasteiger partial charge < -0.3 is 13.9 Å². The Morgan fingerprint density at radius 3 is 2.32 bits per heavy atom. The van der Waals surface area contributed by atoms with Crippen LogP contribution in [0.25, 0.3) is 12.2 Å². The first-order valence-corrected chi connectivity index (χ1v) is 14.1. The third-order valence-electron chi connectivity index (χ3n) is 6.97. The van der Waals surface area contributed by atoms with Gasteiger partial charge in [-0.25, -0.2) is 14.7 Å². The van der Waals surface area contributed by atoms with Crippen molar-refractivity contribution in [1.82, 2.24) is 9.88 Å². The second-order valence-electron chi connectivity index (χ2n) is 10.1. The number of aryl methyl sites for hydroxylation is 1. The molecule has 1 saturated heterocycles. The number of hydrogen-bond acceptors (Lipinski definition) is 6. The molecule has 5 rings (SSSR count). The van der Waals surface area contributed by atoms with Crippen molar-refractivity contribution >= 4 is 24.2 Å². The van der Waals surface area contributed by atoms with E-state index in [0.717, 1.165) is 53.9 Å². The second kappa shape index (κ2) is 14.1. The van der Waals surface area contributed by atoms with Crippen molar-refractivity contribution in [3.05, 3.63) is 119 Å². The normalized spacial score (nSPS) is 15.0. The number of imide groups is 1. The highest BCUT2D eigenvalue weighted by molar-refractivity contribution is 5.99. The number of ether oxygens (including phenoxy) is 2. The molecule has 0 saturated carbocycles. The van der Waals surface area contributed by atoms with Gasteiger partial charge >= 0.3 is 6.09 Å². The van der Waals surface area contributed by atoms with Crippen LogP contribution in [-0.4, -0.2) is 28.0 Å². The number of unbranched alkanes of at least 4 members (excludes halogenated alkanes) is 3. The molecule has 0 bridgehead atoms. The number of hydrogen-bond donors (Lipinski definition) is 0. The van der Waals surface area contributed by atoms with Gasteiger partial charge in [0.15, 0.2) is 6.10 Å². The maximum Gasteiger partial charge on any atom is 0.417 e. The van der Waals surface area contributed by atoms with E-state index in [0.29, 0.717) is 24.6 Å². The lowest BCUT2D eigenvalue weighted by Crippen LogP contribution is -2.31. The first-order valence-electron chi connectivity index (χ1n) is 14.1. The Balaban J connectivity index is 0.980. The zero-order valence-electron chi connectivity index (χ0n) is 23.0. The molecule has 0 N–H and O–H groups in total. The van der Waals surface area contributed by atoms with Crippen LogP contribution in [-0.2, 0) is 29.1 Å². The zero-order valence-corrected chi connectivity index (χ0v) is 23.0. The molecule has 7 heteroatoms. The van der Waals surface area contributed by atoms with E-state index in [4.69, 9.17) is 13.9 Å². The fraction of sp³-hybridized carbons (Fsp3) is 0.265. The average Bonchev–Trinajstić information content (AvgIpc) is 3.57. The SMILES string of the molecule is O=C1OC(CCCCCCc2ccc(OCc3ccccc3)cc2)C(=O)N1Cc1coc(/C=C/c2ccccc2)n1. The van der Waals surface area contributed by atoms with Gasteiger partial charge in [0.05, 0.1) is 12.2 Å². The lowest BCUT2D eigenvalue weighted by atomic mass is 10.0. The topological polar surface area (TPSA) is 81.9 Å². The van der Waals surface area contributed by atoms with Crippen LogP contribution in [0.5, 0.6) is 5.75 Å². The zero-order chi connectivity index (χ0) is 28.3. The van der Waals surface area contributed by atoms with Crippen LogP contribution in [0.2, 0.25) is 0 Å². The van der Waals surface area contributed by atoms with Gasteiger partial charge in [0, 0.05) is 6.08 Å². The van der Waals surface area contributed by atoms with Crippen LogP contribution in [0.15, 0.2) is 95.6 Å². The number of carbonyl (C=O) groups is 2. The van der Waals surface area contributed by atoms with Crippen LogP contribution in [0.4, 0.5) is 4.79 Å². The van der Waals surface area contributed by atoms with Crippen molar-refractivity contribution in [2.24, 2.45) is 0 Å². The number of nitrogens with zero attached hydrogens (tertiary/aromatic N) is 2. The predicted octanol–water partition coefficient (Wildman–Crippen LogP) is 7.46. The van der Waals surface area contributed by atoms with E-state index in [9.17, 15) is 9.59 Å². The molecule has 210 valence electrons. The number of carbonyl (C=O) groups excluding carboxylic acids is 2. The molecule has 3 aromatic carbocycles. The van der Waals surface area contributed by atoms with Crippen molar-refractivity contribution in [2.75, 3.05) is 0 Å². The standard InChI is InChI=1S/C34H34N2O5/c37-33-31(41-34(38)36(33)23-29-25-40-32(35-29)22-19-26-11-6-3-7-12-26)16-10-2-1-5-13-27-17-20-30(21-18-27)39-24-28-14-8-4-9-15-28/h3-4,6-9,11-12,14-15,17-22,25,31H,1-2,5,10,13,16,23-24H2/b22-19+. The third-order valence-corrected chi connectivity index (χ3v) is 6.97. The van der Waals surface area contributed by atoms with Crippen LogP contribution in [0.3, 0.4) is 0 Å². The molecule has 0 radical (unpaired) electrons. The molecule has 1 unspecified atom stereocenters. The van der Waals surface area contributed by atoms with Crippen molar-refractivity contribution in [1.29, 1.82) is 0 Å². The Morgan fingerprint density at radius 1 is 0.805 bits per heavy atom. The van der Waals surface area contributed by atoms with Gasteiger partial charge in [-0.3, -0.25) is 4.79 Å². The molecule has 1 atom stereocenters. The molecule has 1 fully saturated rings. The van der Waals surface area contributed by atoms with E-state index in [-0.39, 0.29) is 12.5 Å². The molecular formula is C34H34N2O5. The first kappa shape index (κ1) is 27.9. The largest absolute Gasteiger partial charge is 0.489 e. The van der Waals surface area contributed by atoms with Crippen LogP contribution < -0.4 is 4.74 Å². The molecule has 2 amide bonds. The minimum absolute atomic E-state index is 0.0347. The maximum atomic E-state index is 12.8. The van der Waals surface area contributed by atoms with E-state index < -0.39 is 12.2 Å². The van der Waals surface area contributed by atoms with Gasteiger partial charge in [0.25, 0.3) is 5.91 Å². The number of cyclic esters (lactones) is 1. The summed E-state index contributed by atoms with van der Waals surface area (Å²) in [6, 6.07) is 28.2. The van der Waals surface area contributed by atoms with Crippen LogP contribution in [0, 0.1) is 0 Å². The summed E-state index contributed by atoms with van der Waals surface area (Å²) >= 11 is 0. The van der Waals surface area contributed by atoms with Gasteiger partial charge in [0.1, 0.15) is 18.6 Å².